The minimum atomic E-state index is -0.854. The molecule has 0 radical (unpaired) electrons. The SMILES string of the molecule is Oc1cc(O)cc([C@@H]2c3c(O)cc(/C=C/c4ccc(O)cc4O)cc3O[C@H]2c2ccc(O)cc2O)c1. The number of ether oxygens (including phenoxy) is 1. The molecule has 0 fully saturated rings. The van der Waals surface area contributed by atoms with E-state index in [1.165, 1.54) is 54.6 Å². The summed E-state index contributed by atoms with van der Waals surface area (Å²) in [6, 6.07) is 15.5. The molecule has 0 saturated heterocycles. The zero-order valence-corrected chi connectivity index (χ0v) is 18.7. The molecule has 0 bridgehead atoms. The van der Waals surface area contributed by atoms with Crippen molar-refractivity contribution in [2.75, 3.05) is 0 Å². The van der Waals surface area contributed by atoms with Crippen molar-refractivity contribution in [3.8, 4) is 46.0 Å². The second-order valence-corrected chi connectivity index (χ2v) is 8.57. The van der Waals surface area contributed by atoms with Crippen molar-refractivity contribution in [2.24, 2.45) is 0 Å². The molecule has 0 aromatic heterocycles. The summed E-state index contributed by atoms with van der Waals surface area (Å²) < 4.78 is 6.19. The van der Waals surface area contributed by atoms with Crippen LogP contribution in [0.1, 0.15) is 39.8 Å². The Hall–Kier alpha value is -4.98. The van der Waals surface area contributed by atoms with E-state index in [4.69, 9.17) is 4.74 Å². The lowest BCUT2D eigenvalue weighted by molar-refractivity contribution is 0.217. The van der Waals surface area contributed by atoms with Crippen molar-refractivity contribution in [3.05, 3.63) is 94.5 Å². The van der Waals surface area contributed by atoms with Crippen molar-refractivity contribution in [1.29, 1.82) is 0 Å². The number of phenols is 7. The Kier molecular flexibility index (Phi) is 5.49. The molecular formula is C28H22O8. The zero-order chi connectivity index (χ0) is 25.6. The van der Waals surface area contributed by atoms with Crippen molar-refractivity contribution in [3.63, 3.8) is 0 Å². The monoisotopic (exact) mass is 486 g/mol. The van der Waals surface area contributed by atoms with Gasteiger partial charge in [0.2, 0.25) is 0 Å². The van der Waals surface area contributed by atoms with Gasteiger partial charge in [0.15, 0.2) is 0 Å². The molecule has 0 unspecified atom stereocenters. The Morgan fingerprint density at radius 1 is 0.583 bits per heavy atom. The molecule has 8 heteroatoms. The lowest BCUT2D eigenvalue weighted by atomic mass is 9.84. The second kappa shape index (κ2) is 8.66. The van der Waals surface area contributed by atoms with E-state index in [2.05, 4.69) is 0 Å². The molecule has 182 valence electrons. The lowest BCUT2D eigenvalue weighted by Gasteiger charge is -2.21. The van der Waals surface area contributed by atoms with Gasteiger partial charge in [-0.2, -0.15) is 0 Å². The van der Waals surface area contributed by atoms with Crippen LogP contribution < -0.4 is 4.74 Å². The highest BCUT2D eigenvalue weighted by molar-refractivity contribution is 5.75. The van der Waals surface area contributed by atoms with Gasteiger partial charge in [0.1, 0.15) is 52.1 Å². The van der Waals surface area contributed by atoms with Crippen molar-refractivity contribution < 1.29 is 40.5 Å². The van der Waals surface area contributed by atoms with Crippen LogP contribution in [0.25, 0.3) is 12.2 Å². The zero-order valence-electron chi connectivity index (χ0n) is 18.7. The Labute approximate surface area is 205 Å². The molecule has 2 atom stereocenters. The van der Waals surface area contributed by atoms with E-state index in [9.17, 15) is 35.7 Å². The summed E-state index contributed by atoms with van der Waals surface area (Å²) in [7, 11) is 0. The first-order valence-electron chi connectivity index (χ1n) is 11.0. The molecule has 4 aromatic rings. The second-order valence-electron chi connectivity index (χ2n) is 8.57. The third kappa shape index (κ3) is 4.16. The molecule has 36 heavy (non-hydrogen) atoms. The van der Waals surface area contributed by atoms with E-state index >= 15 is 0 Å². The van der Waals surface area contributed by atoms with E-state index in [0.717, 1.165) is 0 Å². The van der Waals surface area contributed by atoms with Crippen LogP contribution in [0.5, 0.6) is 46.0 Å². The van der Waals surface area contributed by atoms with Crippen LogP contribution in [0.2, 0.25) is 0 Å². The predicted octanol–water partition coefficient (Wildman–Crippen LogP) is 5.06. The molecule has 0 saturated carbocycles. The number of phenolic OH excluding ortho intramolecular Hbond substituents is 7. The fraction of sp³-hybridized carbons (Fsp3) is 0.0714. The quantitative estimate of drug-likeness (QED) is 0.198. The minimum absolute atomic E-state index is 0.0687. The summed E-state index contributed by atoms with van der Waals surface area (Å²) in [6.07, 6.45) is 2.41. The van der Waals surface area contributed by atoms with Gasteiger partial charge in [0, 0.05) is 34.9 Å². The smallest absolute Gasteiger partial charge is 0.138 e. The molecule has 0 amide bonds. The first-order chi connectivity index (χ1) is 17.2. The number of fused-ring (bicyclic) bond motifs is 1. The van der Waals surface area contributed by atoms with E-state index in [-0.39, 0.29) is 40.2 Å². The van der Waals surface area contributed by atoms with Gasteiger partial charge in [-0.3, -0.25) is 0 Å². The van der Waals surface area contributed by atoms with Gasteiger partial charge in [-0.05, 0) is 59.7 Å². The van der Waals surface area contributed by atoms with Gasteiger partial charge in [-0.15, -0.1) is 0 Å². The van der Waals surface area contributed by atoms with Crippen LogP contribution in [-0.4, -0.2) is 35.7 Å². The molecule has 0 spiro atoms. The van der Waals surface area contributed by atoms with Gasteiger partial charge in [0.05, 0.1) is 5.92 Å². The van der Waals surface area contributed by atoms with Gasteiger partial charge in [0.25, 0.3) is 0 Å². The highest BCUT2D eigenvalue weighted by Gasteiger charge is 2.40. The maximum absolute atomic E-state index is 11.0. The van der Waals surface area contributed by atoms with E-state index in [1.54, 1.807) is 24.3 Å². The van der Waals surface area contributed by atoms with Crippen LogP contribution in [0.4, 0.5) is 0 Å². The van der Waals surface area contributed by atoms with Crippen LogP contribution in [0, 0.1) is 0 Å². The molecule has 7 N–H and O–H groups in total. The summed E-state index contributed by atoms with van der Waals surface area (Å²) in [4.78, 5) is 0. The van der Waals surface area contributed by atoms with E-state index < -0.39 is 12.0 Å². The lowest BCUT2D eigenvalue weighted by Crippen LogP contribution is -2.11. The molecule has 1 aliphatic rings. The highest BCUT2D eigenvalue weighted by atomic mass is 16.5. The summed E-state index contributed by atoms with van der Waals surface area (Å²) in [5.74, 6) is -1.41. The molecule has 1 heterocycles. The summed E-state index contributed by atoms with van der Waals surface area (Å²) in [5.41, 5.74) is 2.17. The Balaban J connectivity index is 1.61. The fourth-order valence-electron chi connectivity index (χ4n) is 4.51. The van der Waals surface area contributed by atoms with Gasteiger partial charge >= 0.3 is 0 Å². The Morgan fingerprint density at radius 3 is 1.92 bits per heavy atom. The summed E-state index contributed by atoms with van der Waals surface area (Å²) in [5, 5.41) is 71.0. The number of hydrogen-bond acceptors (Lipinski definition) is 8. The predicted molar refractivity (Wildman–Crippen MR) is 132 cm³/mol. The van der Waals surface area contributed by atoms with Crippen molar-refractivity contribution in [2.45, 2.75) is 12.0 Å². The van der Waals surface area contributed by atoms with Crippen molar-refractivity contribution >= 4 is 12.2 Å². The average Bonchev–Trinajstić information content (AvgIpc) is 3.17. The normalized spacial score (nSPS) is 16.7. The average molecular weight is 486 g/mol. The van der Waals surface area contributed by atoms with Gasteiger partial charge in [-0.25, -0.2) is 0 Å². The third-order valence-corrected chi connectivity index (χ3v) is 6.08. The fourth-order valence-corrected chi connectivity index (χ4v) is 4.51. The molecular weight excluding hydrogens is 464 g/mol. The standard InChI is InChI=1S/C28H22O8/c29-17-4-3-15(22(33)12-17)2-1-14-7-24(35)27-25(8-14)36-28(21-6-5-18(30)13-23(21)34)26(27)16-9-19(31)11-20(32)10-16/h1-13,26,28-35H/b2-1+/t26-,28+/m1/s1. The first kappa shape index (κ1) is 22.8. The highest BCUT2D eigenvalue weighted by Crippen LogP contribution is 2.55. The number of hydrogen-bond donors (Lipinski definition) is 7. The molecule has 8 nitrogen and oxygen atoms in total. The topological polar surface area (TPSA) is 151 Å². The van der Waals surface area contributed by atoms with E-state index in [0.29, 0.717) is 33.6 Å². The van der Waals surface area contributed by atoms with Gasteiger partial charge < -0.3 is 40.5 Å². The number of rotatable bonds is 4. The molecule has 0 aliphatic carbocycles. The Morgan fingerprint density at radius 2 is 1.25 bits per heavy atom. The maximum Gasteiger partial charge on any atom is 0.138 e. The van der Waals surface area contributed by atoms with Crippen LogP contribution in [0.15, 0.2) is 66.7 Å². The molecule has 4 aromatic carbocycles. The number of aromatic hydroxyl groups is 7. The van der Waals surface area contributed by atoms with Crippen LogP contribution >= 0.6 is 0 Å². The first-order valence-corrected chi connectivity index (χ1v) is 11.0. The van der Waals surface area contributed by atoms with Crippen LogP contribution in [0.3, 0.4) is 0 Å². The third-order valence-electron chi connectivity index (χ3n) is 6.08. The maximum atomic E-state index is 11.0. The minimum Gasteiger partial charge on any atom is -0.508 e. The molecule has 5 rings (SSSR count). The number of benzene rings is 4. The van der Waals surface area contributed by atoms with E-state index in [1.807, 2.05) is 0 Å². The summed E-state index contributed by atoms with van der Waals surface area (Å²) >= 11 is 0. The van der Waals surface area contributed by atoms with Crippen LogP contribution in [-0.2, 0) is 0 Å². The van der Waals surface area contributed by atoms with Crippen molar-refractivity contribution in [1.82, 2.24) is 0 Å². The molecule has 1 aliphatic heterocycles. The largest absolute Gasteiger partial charge is 0.508 e. The van der Waals surface area contributed by atoms with Gasteiger partial charge in [-0.1, -0.05) is 12.2 Å². The Bertz CT molecular complexity index is 1490. The summed E-state index contributed by atoms with van der Waals surface area (Å²) in [6.45, 7) is 0.